The lowest BCUT2D eigenvalue weighted by molar-refractivity contribution is -0.0140. The molecule has 3 heterocycles. The first-order valence-electron chi connectivity index (χ1n) is 9.94. The second-order valence-corrected chi connectivity index (χ2v) is 7.37. The molecular weight excluding hydrogens is 406 g/mol. The number of carbonyl (C=O) groups is 1. The van der Waals surface area contributed by atoms with Gasteiger partial charge in [-0.3, -0.25) is 9.78 Å². The molecule has 0 bridgehead atoms. The lowest BCUT2D eigenvalue weighted by Crippen LogP contribution is -2.49. The van der Waals surface area contributed by atoms with Crippen molar-refractivity contribution in [2.75, 3.05) is 13.2 Å². The maximum Gasteiger partial charge on any atom is 0.270 e. The van der Waals surface area contributed by atoms with Crippen molar-refractivity contribution in [3.05, 3.63) is 77.4 Å². The maximum atomic E-state index is 13.5. The summed E-state index contributed by atoms with van der Waals surface area (Å²) in [5, 5.41) is 16.8. The Kier molecular flexibility index (Phi) is 6.34. The lowest BCUT2D eigenvalue weighted by atomic mass is 10.00. The van der Waals surface area contributed by atoms with Crippen LogP contribution < -0.4 is 5.32 Å². The third-order valence-corrected chi connectivity index (χ3v) is 5.23. The Labute approximate surface area is 177 Å². The number of aliphatic hydroxyl groups is 1. The highest BCUT2D eigenvalue weighted by Gasteiger charge is 2.26. The van der Waals surface area contributed by atoms with E-state index in [0.29, 0.717) is 18.6 Å². The Morgan fingerprint density at radius 1 is 1.32 bits per heavy atom. The summed E-state index contributed by atoms with van der Waals surface area (Å²) in [6.45, 7) is 0.621. The monoisotopic (exact) mass is 428 g/mol. The number of amides is 1. The summed E-state index contributed by atoms with van der Waals surface area (Å²) in [5.41, 5.74) is 1.79. The lowest BCUT2D eigenvalue weighted by Gasteiger charge is -2.28. The molecule has 31 heavy (non-hydrogen) atoms. The number of hydrogen-bond acceptors (Lipinski definition) is 5. The highest BCUT2D eigenvalue weighted by atomic mass is 19.3. The number of carbonyl (C=O) groups excluding carboxylic acids is 1. The topological polar surface area (TPSA) is 89.3 Å². The molecule has 3 aromatic rings. The highest BCUT2D eigenvalue weighted by molar-refractivity contribution is 5.92. The van der Waals surface area contributed by atoms with E-state index in [2.05, 4.69) is 15.4 Å². The molecule has 9 heteroatoms. The molecule has 0 saturated carbocycles. The Morgan fingerprint density at radius 2 is 2.13 bits per heavy atom. The van der Waals surface area contributed by atoms with Gasteiger partial charge in [0, 0.05) is 30.8 Å². The molecule has 1 unspecified atom stereocenters. The number of pyridine rings is 1. The zero-order chi connectivity index (χ0) is 21.8. The molecule has 1 aliphatic heterocycles. The minimum atomic E-state index is -2.71. The molecule has 0 radical (unpaired) electrons. The molecule has 2 aromatic heterocycles. The van der Waals surface area contributed by atoms with E-state index in [-0.39, 0.29) is 24.3 Å². The van der Waals surface area contributed by atoms with Gasteiger partial charge in [-0.1, -0.05) is 12.1 Å². The summed E-state index contributed by atoms with van der Waals surface area (Å²) in [4.78, 5) is 16.5. The normalized spacial score (nSPS) is 18.8. The van der Waals surface area contributed by atoms with Crippen LogP contribution in [0.1, 0.15) is 40.0 Å². The fraction of sp³-hybridized carbons (Fsp3) is 0.318. The van der Waals surface area contributed by atoms with Crippen molar-refractivity contribution >= 4 is 5.91 Å². The van der Waals surface area contributed by atoms with Gasteiger partial charge in [0.15, 0.2) is 0 Å². The van der Waals surface area contributed by atoms with Crippen LogP contribution in [0.25, 0.3) is 5.69 Å². The second kappa shape index (κ2) is 9.32. The van der Waals surface area contributed by atoms with Crippen molar-refractivity contribution in [3.8, 4) is 5.69 Å². The van der Waals surface area contributed by atoms with Gasteiger partial charge in [-0.05, 0) is 48.2 Å². The van der Waals surface area contributed by atoms with Crippen molar-refractivity contribution in [2.45, 2.75) is 31.4 Å². The van der Waals surface area contributed by atoms with E-state index >= 15 is 0 Å². The van der Waals surface area contributed by atoms with Crippen LogP contribution in [0.2, 0.25) is 0 Å². The van der Waals surface area contributed by atoms with E-state index in [9.17, 15) is 18.7 Å². The average Bonchev–Trinajstić information content (AvgIpc) is 3.30. The maximum absolute atomic E-state index is 13.5. The zero-order valence-electron chi connectivity index (χ0n) is 16.6. The quantitative estimate of drug-likeness (QED) is 0.630. The van der Waals surface area contributed by atoms with Gasteiger partial charge in [0.1, 0.15) is 5.69 Å². The van der Waals surface area contributed by atoms with Crippen LogP contribution in [0.3, 0.4) is 0 Å². The van der Waals surface area contributed by atoms with E-state index in [1.807, 2.05) is 36.5 Å². The predicted octanol–water partition coefficient (Wildman–Crippen LogP) is 2.68. The number of nitrogens with one attached hydrogen (secondary N) is 1. The molecule has 7 nitrogen and oxygen atoms in total. The Balaban J connectivity index is 1.53. The van der Waals surface area contributed by atoms with Crippen LogP contribution >= 0.6 is 0 Å². The molecule has 0 aliphatic carbocycles. The molecule has 162 valence electrons. The van der Waals surface area contributed by atoms with Crippen molar-refractivity contribution < 1.29 is 23.4 Å². The standard InChI is InChI=1S/C22H22F2N4O3/c23-21(24)17-12-25-18(22(30)27-19-13-31-9-6-20(19)29)11-15(17)10-14-2-4-16(5-3-14)28-8-1-7-26-28/h1-5,7-8,11-12,19-21,29H,6,9-10,13H2,(H,27,30)/t19?,20-/m0/s1. The molecule has 1 saturated heterocycles. The van der Waals surface area contributed by atoms with Gasteiger partial charge >= 0.3 is 0 Å². The van der Waals surface area contributed by atoms with Gasteiger partial charge in [0.05, 0.1) is 24.4 Å². The van der Waals surface area contributed by atoms with Gasteiger partial charge in [-0.15, -0.1) is 0 Å². The van der Waals surface area contributed by atoms with Gasteiger partial charge in [-0.25, -0.2) is 13.5 Å². The number of rotatable bonds is 6. The van der Waals surface area contributed by atoms with Crippen LogP contribution in [0.15, 0.2) is 55.0 Å². The fourth-order valence-corrected chi connectivity index (χ4v) is 3.50. The highest BCUT2D eigenvalue weighted by Crippen LogP contribution is 2.25. The minimum Gasteiger partial charge on any atom is -0.391 e. The largest absolute Gasteiger partial charge is 0.391 e. The van der Waals surface area contributed by atoms with Crippen LogP contribution in [-0.2, 0) is 11.2 Å². The molecule has 1 aromatic carbocycles. The number of nitrogens with zero attached hydrogens (tertiary/aromatic N) is 3. The Bertz CT molecular complexity index is 1030. The van der Waals surface area contributed by atoms with E-state index < -0.39 is 24.5 Å². The van der Waals surface area contributed by atoms with Gasteiger partial charge in [0.25, 0.3) is 12.3 Å². The van der Waals surface area contributed by atoms with Gasteiger partial charge in [0.2, 0.25) is 0 Å². The van der Waals surface area contributed by atoms with E-state index in [1.54, 1.807) is 10.9 Å². The molecule has 1 fully saturated rings. The summed E-state index contributed by atoms with van der Waals surface area (Å²) in [7, 11) is 0. The minimum absolute atomic E-state index is 0.0188. The molecule has 2 N–H and O–H groups in total. The molecule has 1 aliphatic rings. The number of halogens is 2. The van der Waals surface area contributed by atoms with E-state index in [4.69, 9.17) is 4.74 Å². The molecule has 2 atom stereocenters. The summed E-state index contributed by atoms with van der Waals surface area (Å²) in [5.74, 6) is -0.536. The number of hydrogen-bond donors (Lipinski definition) is 2. The first-order valence-corrected chi connectivity index (χ1v) is 9.94. The molecule has 1 amide bonds. The Morgan fingerprint density at radius 3 is 2.81 bits per heavy atom. The van der Waals surface area contributed by atoms with E-state index in [1.165, 1.54) is 6.07 Å². The van der Waals surface area contributed by atoms with Crippen LogP contribution in [0.4, 0.5) is 8.78 Å². The van der Waals surface area contributed by atoms with Crippen LogP contribution in [0, 0.1) is 0 Å². The molecule has 0 spiro atoms. The number of benzene rings is 1. The predicted molar refractivity (Wildman–Crippen MR) is 108 cm³/mol. The SMILES string of the molecule is O=C(NC1COCC[C@@H]1O)c1cc(Cc2ccc(-n3cccn3)cc2)c(C(F)F)cn1. The third-order valence-electron chi connectivity index (χ3n) is 5.23. The number of ether oxygens (including phenoxy) is 1. The number of aliphatic hydroxyl groups excluding tert-OH is 1. The van der Waals surface area contributed by atoms with Crippen molar-refractivity contribution in [1.29, 1.82) is 0 Å². The van der Waals surface area contributed by atoms with Crippen LogP contribution in [-0.4, -0.2) is 51.1 Å². The van der Waals surface area contributed by atoms with Gasteiger partial charge in [-0.2, -0.15) is 5.10 Å². The van der Waals surface area contributed by atoms with E-state index in [0.717, 1.165) is 17.4 Å². The summed E-state index contributed by atoms with van der Waals surface area (Å²) < 4.78 is 34.1. The van der Waals surface area contributed by atoms with Crippen molar-refractivity contribution in [2.24, 2.45) is 0 Å². The summed E-state index contributed by atoms with van der Waals surface area (Å²) >= 11 is 0. The third kappa shape index (κ3) is 4.95. The fourth-order valence-electron chi connectivity index (χ4n) is 3.50. The Hall–Kier alpha value is -3.17. The number of aromatic nitrogens is 3. The van der Waals surface area contributed by atoms with Crippen LogP contribution in [0.5, 0.6) is 0 Å². The average molecular weight is 428 g/mol. The van der Waals surface area contributed by atoms with Crippen molar-refractivity contribution in [3.63, 3.8) is 0 Å². The zero-order valence-corrected chi connectivity index (χ0v) is 16.6. The second-order valence-electron chi connectivity index (χ2n) is 7.37. The van der Waals surface area contributed by atoms with Crippen molar-refractivity contribution in [1.82, 2.24) is 20.1 Å². The molecule has 4 rings (SSSR count). The van der Waals surface area contributed by atoms with Gasteiger partial charge < -0.3 is 15.2 Å². The first kappa shape index (κ1) is 21.1. The smallest absolute Gasteiger partial charge is 0.270 e. The number of alkyl halides is 2. The first-order chi connectivity index (χ1) is 15.0. The summed E-state index contributed by atoms with van der Waals surface area (Å²) in [6, 6.07) is 10.0. The summed E-state index contributed by atoms with van der Waals surface area (Å²) in [6.07, 6.45) is 1.74. The molecular formula is C22H22F2N4O3.